The van der Waals surface area contributed by atoms with Gasteiger partial charge in [0.05, 0.1) is 0 Å². The number of likely N-dealkylation sites (tertiary alicyclic amines) is 1. The number of amides is 2. The van der Waals surface area contributed by atoms with Gasteiger partial charge in [-0.3, -0.25) is 9.69 Å². The average molecular weight is 438 g/mol. The van der Waals surface area contributed by atoms with Gasteiger partial charge in [0.15, 0.2) is 0 Å². The Balaban J connectivity index is 1.54. The van der Waals surface area contributed by atoms with Crippen LogP contribution in [0.4, 0.5) is 4.79 Å². The number of alkyl carbamates (subject to hydrolysis) is 1. The summed E-state index contributed by atoms with van der Waals surface area (Å²) >= 11 is 0. The van der Waals surface area contributed by atoms with Gasteiger partial charge in [-0.2, -0.15) is 0 Å². The first kappa shape index (κ1) is 23.8. The normalized spacial score (nSPS) is 16.7. The second-order valence-electron chi connectivity index (χ2n) is 8.76. The molecule has 0 aliphatic carbocycles. The van der Waals surface area contributed by atoms with Crippen molar-refractivity contribution in [1.29, 1.82) is 0 Å². The molecule has 2 aromatic carbocycles. The molecule has 0 spiro atoms. The van der Waals surface area contributed by atoms with Crippen LogP contribution in [-0.2, 0) is 22.6 Å². The fourth-order valence-corrected chi connectivity index (χ4v) is 3.94. The molecule has 6 nitrogen and oxygen atoms in total. The summed E-state index contributed by atoms with van der Waals surface area (Å²) in [5, 5.41) is 5.80. The molecule has 2 N–H and O–H groups in total. The van der Waals surface area contributed by atoms with Crippen molar-refractivity contribution in [3.05, 3.63) is 71.8 Å². The number of piperidine rings is 1. The number of carbonyl (C=O) groups excluding carboxylic acids is 2. The number of hydrogen-bond acceptors (Lipinski definition) is 4. The van der Waals surface area contributed by atoms with Crippen LogP contribution in [0, 0.1) is 5.92 Å². The number of carbonyl (C=O) groups is 2. The summed E-state index contributed by atoms with van der Waals surface area (Å²) in [6.07, 6.45) is 2.21. The van der Waals surface area contributed by atoms with Crippen LogP contribution in [0.2, 0.25) is 0 Å². The van der Waals surface area contributed by atoms with E-state index >= 15 is 0 Å². The van der Waals surface area contributed by atoms with Gasteiger partial charge in [-0.05, 0) is 49.9 Å². The summed E-state index contributed by atoms with van der Waals surface area (Å²) in [6, 6.07) is 18.7. The van der Waals surface area contributed by atoms with Crippen molar-refractivity contribution in [3.63, 3.8) is 0 Å². The molecule has 172 valence electrons. The molecule has 2 amide bonds. The van der Waals surface area contributed by atoms with Crippen molar-refractivity contribution >= 4 is 12.0 Å². The minimum Gasteiger partial charge on any atom is -0.445 e. The van der Waals surface area contributed by atoms with Crippen LogP contribution in [0.5, 0.6) is 0 Å². The SMILES string of the molecule is CC1CCN(C(C)CNC(=O)C(Cc2ccccc2)NC(=O)OCc2ccccc2)CC1. The maximum absolute atomic E-state index is 13.0. The second-order valence-corrected chi connectivity index (χ2v) is 8.76. The Morgan fingerprint density at radius 2 is 1.59 bits per heavy atom. The van der Waals surface area contributed by atoms with Crippen molar-refractivity contribution in [2.24, 2.45) is 5.92 Å². The van der Waals surface area contributed by atoms with E-state index in [4.69, 9.17) is 4.74 Å². The molecule has 6 heteroatoms. The van der Waals surface area contributed by atoms with Crippen LogP contribution in [0.3, 0.4) is 0 Å². The predicted molar refractivity (Wildman–Crippen MR) is 126 cm³/mol. The van der Waals surface area contributed by atoms with Crippen molar-refractivity contribution in [3.8, 4) is 0 Å². The third-order valence-electron chi connectivity index (χ3n) is 6.12. The van der Waals surface area contributed by atoms with Crippen LogP contribution in [0.1, 0.15) is 37.8 Å². The fourth-order valence-electron chi connectivity index (χ4n) is 3.94. The highest BCUT2D eigenvalue weighted by atomic mass is 16.5. The molecule has 1 heterocycles. The first-order chi connectivity index (χ1) is 15.5. The van der Waals surface area contributed by atoms with Gasteiger partial charge in [0.25, 0.3) is 0 Å². The number of hydrogen-bond donors (Lipinski definition) is 2. The summed E-state index contributed by atoms with van der Waals surface area (Å²) in [4.78, 5) is 27.8. The van der Waals surface area contributed by atoms with Gasteiger partial charge in [-0.15, -0.1) is 0 Å². The van der Waals surface area contributed by atoms with E-state index in [1.54, 1.807) is 0 Å². The lowest BCUT2D eigenvalue weighted by Crippen LogP contribution is -2.51. The van der Waals surface area contributed by atoms with Crippen LogP contribution in [0.15, 0.2) is 60.7 Å². The van der Waals surface area contributed by atoms with Crippen LogP contribution in [0.25, 0.3) is 0 Å². The number of benzene rings is 2. The Morgan fingerprint density at radius 3 is 2.22 bits per heavy atom. The Bertz CT molecular complexity index is 836. The standard InChI is InChI=1S/C26H35N3O3/c1-20-13-15-29(16-14-20)21(2)18-27-25(30)24(17-22-9-5-3-6-10-22)28-26(31)32-19-23-11-7-4-8-12-23/h3-12,20-21,24H,13-19H2,1-2H3,(H,27,30)(H,28,31). The van der Waals surface area contributed by atoms with Gasteiger partial charge in [-0.1, -0.05) is 67.6 Å². The summed E-state index contributed by atoms with van der Waals surface area (Å²) < 4.78 is 5.34. The van der Waals surface area contributed by atoms with E-state index in [2.05, 4.69) is 29.4 Å². The van der Waals surface area contributed by atoms with Crippen LogP contribution < -0.4 is 10.6 Å². The van der Waals surface area contributed by atoms with Gasteiger partial charge in [0.1, 0.15) is 12.6 Å². The molecule has 32 heavy (non-hydrogen) atoms. The molecular weight excluding hydrogens is 402 g/mol. The summed E-state index contributed by atoms with van der Waals surface area (Å²) in [5.74, 6) is 0.581. The molecule has 2 unspecified atom stereocenters. The molecule has 1 fully saturated rings. The first-order valence-electron chi connectivity index (χ1n) is 11.5. The molecule has 1 aliphatic heterocycles. The highest BCUT2D eigenvalue weighted by molar-refractivity contribution is 5.85. The maximum atomic E-state index is 13.0. The van der Waals surface area contributed by atoms with E-state index in [0.717, 1.165) is 30.1 Å². The lowest BCUT2D eigenvalue weighted by molar-refractivity contribution is -0.123. The lowest BCUT2D eigenvalue weighted by atomic mass is 9.98. The van der Waals surface area contributed by atoms with Gasteiger partial charge < -0.3 is 15.4 Å². The minimum atomic E-state index is -0.700. The second kappa shape index (κ2) is 12.2. The molecule has 0 saturated carbocycles. The first-order valence-corrected chi connectivity index (χ1v) is 11.5. The zero-order valence-electron chi connectivity index (χ0n) is 19.1. The van der Waals surface area contributed by atoms with Crippen molar-refractivity contribution < 1.29 is 14.3 Å². The zero-order valence-corrected chi connectivity index (χ0v) is 19.1. The average Bonchev–Trinajstić information content (AvgIpc) is 2.82. The largest absolute Gasteiger partial charge is 0.445 e. The lowest BCUT2D eigenvalue weighted by Gasteiger charge is -2.35. The Morgan fingerprint density at radius 1 is 1.00 bits per heavy atom. The summed E-state index contributed by atoms with van der Waals surface area (Å²) in [5.41, 5.74) is 1.88. The Hall–Kier alpha value is -2.86. The highest BCUT2D eigenvalue weighted by Crippen LogP contribution is 2.17. The topological polar surface area (TPSA) is 70.7 Å². The van der Waals surface area contributed by atoms with Gasteiger partial charge >= 0.3 is 6.09 Å². The minimum absolute atomic E-state index is 0.163. The smallest absolute Gasteiger partial charge is 0.408 e. The third kappa shape index (κ3) is 7.68. The molecule has 1 aliphatic rings. The molecule has 0 bridgehead atoms. The van der Waals surface area contributed by atoms with E-state index in [-0.39, 0.29) is 18.6 Å². The number of nitrogens with one attached hydrogen (secondary N) is 2. The van der Waals surface area contributed by atoms with E-state index in [1.807, 2.05) is 60.7 Å². The molecule has 3 rings (SSSR count). The van der Waals surface area contributed by atoms with E-state index in [1.165, 1.54) is 12.8 Å². The van der Waals surface area contributed by atoms with Crippen molar-refractivity contribution in [2.45, 2.75) is 51.8 Å². The molecule has 0 radical (unpaired) electrons. The number of rotatable bonds is 9. The monoisotopic (exact) mass is 437 g/mol. The third-order valence-corrected chi connectivity index (χ3v) is 6.12. The Kier molecular flexibility index (Phi) is 9.11. The quantitative estimate of drug-likeness (QED) is 0.627. The van der Waals surface area contributed by atoms with Crippen LogP contribution in [-0.4, -0.2) is 48.6 Å². The predicted octanol–water partition coefficient (Wildman–Crippen LogP) is 3.76. The van der Waals surface area contributed by atoms with E-state index < -0.39 is 12.1 Å². The molecule has 2 aromatic rings. The van der Waals surface area contributed by atoms with Crippen molar-refractivity contribution in [1.82, 2.24) is 15.5 Å². The molecule has 2 atom stereocenters. The Labute approximate surface area is 191 Å². The van der Waals surface area contributed by atoms with Crippen LogP contribution >= 0.6 is 0 Å². The molecule has 1 saturated heterocycles. The molecule has 0 aromatic heterocycles. The maximum Gasteiger partial charge on any atom is 0.408 e. The number of ether oxygens (including phenoxy) is 1. The van der Waals surface area contributed by atoms with Gasteiger partial charge in [0, 0.05) is 19.0 Å². The zero-order chi connectivity index (χ0) is 22.8. The number of nitrogens with zero attached hydrogens (tertiary/aromatic N) is 1. The molecular formula is C26H35N3O3. The summed E-state index contributed by atoms with van der Waals surface area (Å²) in [7, 11) is 0. The van der Waals surface area contributed by atoms with Gasteiger partial charge in [-0.25, -0.2) is 4.79 Å². The van der Waals surface area contributed by atoms with Gasteiger partial charge in [0.2, 0.25) is 5.91 Å². The van der Waals surface area contributed by atoms with E-state index in [0.29, 0.717) is 13.0 Å². The summed E-state index contributed by atoms with van der Waals surface area (Å²) in [6.45, 7) is 7.28. The highest BCUT2D eigenvalue weighted by Gasteiger charge is 2.24. The van der Waals surface area contributed by atoms with E-state index in [9.17, 15) is 9.59 Å². The fraction of sp³-hybridized carbons (Fsp3) is 0.462. The van der Waals surface area contributed by atoms with Crippen molar-refractivity contribution in [2.75, 3.05) is 19.6 Å².